The van der Waals surface area contributed by atoms with Crippen LogP contribution in [0.5, 0.6) is 5.75 Å². The Kier molecular flexibility index (Phi) is 3.75. The molecule has 1 unspecified atom stereocenters. The summed E-state index contributed by atoms with van der Waals surface area (Å²) in [6.45, 7) is 4.25. The first-order valence-corrected chi connectivity index (χ1v) is 7.34. The molecule has 0 saturated carbocycles. The minimum absolute atomic E-state index is 0.432. The van der Waals surface area contributed by atoms with Gasteiger partial charge in [-0.2, -0.15) is 0 Å². The van der Waals surface area contributed by atoms with Crippen LogP contribution >= 0.6 is 0 Å². The highest BCUT2D eigenvalue weighted by Crippen LogP contribution is 2.33. The van der Waals surface area contributed by atoms with Crippen molar-refractivity contribution in [2.24, 2.45) is 0 Å². The van der Waals surface area contributed by atoms with Crippen LogP contribution in [0.1, 0.15) is 35.1 Å². The van der Waals surface area contributed by atoms with Crippen molar-refractivity contribution in [2.75, 3.05) is 13.1 Å². The number of phenolic OH excluding ortho intramolecular Hbond substituents is 1. The topological polar surface area (TPSA) is 32.3 Å². The van der Waals surface area contributed by atoms with Crippen LogP contribution in [-0.4, -0.2) is 18.2 Å². The van der Waals surface area contributed by atoms with Gasteiger partial charge in [0.1, 0.15) is 5.75 Å². The Bertz CT molecular complexity index is 592. The van der Waals surface area contributed by atoms with Crippen LogP contribution in [-0.2, 0) is 12.8 Å². The van der Waals surface area contributed by atoms with Crippen molar-refractivity contribution in [3.63, 3.8) is 0 Å². The molecule has 0 saturated heterocycles. The Morgan fingerprint density at radius 1 is 1.15 bits per heavy atom. The lowest BCUT2D eigenvalue weighted by Gasteiger charge is -2.19. The van der Waals surface area contributed by atoms with Gasteiger partial charge in [-0.3, -0.25) is 0 Å². The monoisotopic (exact) mass is 267 g/mol. The second kappa shape index (κ2) is 5.68. The van der Waals surface area contributed by atoms with Gasteiger partial charge in [0.15, 0.2) is 0 Å². The van der Waals surface area contributed by atoms with E-state index in [9.17, 15) is 5.11 Å². The minimum Gasteiger partial charge on any atom is -0.508 e. The zero-order chi connectivity index (χ0) is 13.9. The second-order valence-corrected chi connectivity index (χ2v) is 5.65. The molecule has 0 aromatic heterocycles. The third-order valence-electron chi connectivity index (χ3n) is 4.16. The third kappa shape index (κ3) is 2.56. The first kappa shape index (κ1) is 13.2. The molecule has 1 aliphatic rings. The van der Waals surface area contributed by atoms with E-state index in [2.05, 4.69) is 42.6 Å². The minimum atomic E-state index is 0.432. The van der Waals surface area contributed by atoms with Gasteiger partial charge in [0, 0.05) is 18.5 Å². The molecule has 1 atom stereocenters. The lowest BCUT2D eigenvalue weighted by Crippen LogP contribution is -2.18. The van der Waals surface area contributed by atoms with E-state index in [-0.39, 0.29) is 0 Å². The molecule has 0 aliphatic carbocycles. The van der Waals surface area contributed by atoms with Crippen LogP contribution in [0.15, 0.2) is 42.5 Å². The van der Waals surface area contributed by atoms with Gasteiger partial charge < -0.3 is 10.4 Å². The molecule has 1 aliphatic heterocycles. The molecule has 104 valence electrons. The fourth-order valence-electron chi connectivity index (χ4n) is 3.16. The van der Waals surface area contributed by atoms with Crippen LogP contribution in [0.4, 0.5) is 0 Å². The number of phenols is 1. The Hall–Kier alpha value is -1.80. The number of hydrogen-bond donors (Lipinski definition) is 2. The van der Waals surface area contributed by atoms with Crippen molar-refractivity contribution in [3.05, 3.63) is 64.7 Å². The van der Waals surface area contributed by atoms with Crippen LogP contribution in [0, 0.1) is 0 Å². The van der Waals surface area contributed by atoms with Gasteiger partial charge in [0.05, 0.1) is 0 Å². The highest BCUT2D eigenvalue weighted by molar-refractivity contribution is 5.49. The molecule has 3 rings (SSSR count). The summed E-state index contributed by atoms with van der Waals surface area (Å²) in [6, 6.07) is 14.3. The van der Waals surface area contributed by atoms with Crippen molar-refractivity contribution in [3.8, 4) is 5.75 Å². The standard InChI is InChI=1S/C18H21NO/c1-13-12-19-10-9-15-7-8-17(20)16(18(13)15)11-14-5-3-2-4-6-14/h2-8,13,19-20H,9-12H2,1H3. The Balaban J connectivity index is 2.05. The number of rotatable bonds is 2. The molecule has 20 heavy (non-hydrogen) atoms. The van der Waals surface area contributed by atoms with E-state index in [0.717, 1.165) is 31.5 Å². The smallest absolute Gasteiger partial charge is 0.119 e. The lowest BCUT2D eigenvalue weighted by atomic mass is 9.87. The summed E-state index contributed by atoms with van der Waals surface area (Å²) < 4.78 is 0. The van der Waals surface area contributed by atoms with Crippen LogP contribution in [0.3, 0.4) is 0 Å². The zero-order valence-electron chi connectivity index (χ0n) is 11.9. The summed E-state index contributed by atoms with van der Waals surface area (Å²) in [5.41, 5.74) is 5.08. The van der Waals surface area contributed by atoms with Gasteiger partial charge in [-0.05, 0) is 41.6 Å². The maximum Gasteiger partial charge on any atom is 0.119 e. The molecule has 2 N–H and O–H groups in total. The molecule has 2 heteroatoms. The highest BCUT2D eigenvalue weighted by atomic mass is 16.3. The van der Waals surface area contributed by atoms with Gasteiger partial charge in [-0.15, -0.1) is 0 Å². The molecule has 0 radical (unpaired) electrons. The molecule has 0 amide bonds. The molecule has 2 nitrogen and oxygen atoms in total. The lowest BCUT2D eigenvalue weighted by molar-refractivity contribution is 0.467. The Morgan fingerprint density at radius 3 is 2.75 bits per heavy atom. The van der Waals surface area contributed by atoms with E-state index in [4.69, 9.17) is 0 Å². The summed E-state index contributed by atoms with van der Waals surface area (Å²) in [4.78, 5) is 0. The van der Waals surface area contributed by atoms with E-state index in [0.29, 0.717) is 11.7 Å². The van der Waals surface area contributed by atoms with Gasteiger partial charge in [-0.1, -0.05) is 43.3 Å². The summed E-state index contributed by atoms with van der Waals surface area (Å²) in [5, 5.41) is 13.8. The third-order valence-corrected chi connectivity index (χ3v) is 4.16. The van der Waals surface area contributed by atoms with E-state index < -0.39 is 0 Å². The predicted octanol–water partition coefficient (Wildman–Crippen LogP) is 3.23. The quantitative estimate of drug-likeness (QED) is 0.875. The second-order valence-electron chi connectivity index (χ2n) is 5.65. The zero-order valence-corrected chi connectivity index (χ0v) is 11.9. The largest absolute Gasteiger partial charge is 0.508 e. The molecule has 2 aromatic carbocycles. The van der Waals surface area contributed by atoms with Crippen molar-refractivity contribution >= 4 is 0 Å². The number of fused-ring (bicyclic) bond motifs is 1. The van der Waals surface area contributed by atoms with Crippen molar-refractivity contribution in [1.82, 2.24) is 5.32 Å². The fraction of sp³-hybridized carbons (Fsp3) is 0.333. The van der Waals surface area contributed by atoms with Gasteiger partial charge >= 0.3 is 0 Å². The van der Waals surface area contributed by atoms with Crippen LogP contribution in [0.2, 0.25) is 0 Å². The van der Waals surface area contributed by atoms with Gasteiger partial charge in [-0.25, -0.2) is 0 Å². The summed E-state index contributed by atoms with van der Waals surface area (Å²) in [6.07, 6.45) is 1.85. The maximum absolute atomic E-state index is 10.3. The van der Waals surface area contributed by atoms with Crippen molar-refractivity contribution < 1.29 is 5.11 Å². The number of benzene rings is 2. The van der Waals surface area contributed by atoms with E-state index >= 15 is 0 Å². The SMILES string of the molecule is CC1CNCCc2ccc(O)c(Cc3ccccc3)c21. The summed E-state index contributed by atoms with van der Waals surface area (Å²) >= 11 is 0. The average Bonchev–Trinajstić information content (AvgIpc) is 2.65. The first-order chi connectivity index (χ1) is 9.75. The molecule has 1 heterocycles. The molecule has 0 bridgehead atoms. The molecule has 0 fully saturated rings. The van der Waals surface area contributed by atoms with E-state index in [1.54, 1.807) is 0 Å². The molecular formula is C18H21NO. The number of nitrogens with one attached hydrogen (secondary N) is 1. The Labute approximate surface area is 120 Å². The maximum atomic E-state index is 10.3. The molecular weight excluding hydrogens is 246 g/mol. The number of hydrogen-bond acceptors (Lipinski definition) is 2. The van der Waals surface area contributed by atoms with Crippen LogP contribution < -0.4 is 5.32 Å². The highest BCUT2D eigenvalue weighted by Gasteiger charge is 2.20. The van der Waals surface area contributed by atoms with E-state index in [1.165, 1.54) is 16.7 Å². The fourth-order valence-corrected chi connectivity index (χ4v) is 3.16. The van der Waals surface area contributed by atoms with Crippen molar-refractivity contribution in [1.29, 1.82) is 0 Å². The van der Waals surface area contributed by atoms with Crippen molar-refractivity contribution in [2.45, 2.75) is 25.7 Å². The van der Waals surface area contributed by atoms with Crippen LogP contribution in [0.25, 0.3) is 0 Å². The Morgan fingerprint density at radius 2 is 1.95 bits per heavy atom. The van der Waals surface area contributed by atoms with E-state index in [1.807, 2.05) is 12.1 Å². The van der Waals surface area contributed by atoms with Gasteiger partial charge in [0.25, 0.3) is 0 Å². The average molecular weight is 267 g/mol. The normalized spacial score (nSPS) is 18.4. The molecule has 2 aromatic rings. The summed E-state index contributed by atoms with van der Waals surface area (Å²) in [7, 11) is 0. The summed E-state index contributed by atoms with van der Waals surface area (Å²) in [5.74, 6) is 0.875. The number of aromatic hydroxyl groups is 1. The van der Waals surface area contributed by atoms with Gasteiger partial charge in [0.2, 0.25) is 0 Å². The first-order valence-electron chi connectivity index (χ1n) is 7.34. The molecule has 0 spiro atoms. The predicted molar refractivity (Wildman–Crippen MR) is 82.3 cm³/mol.